The van der Waals surface area contributed by atoms with Crippen molar-refractivity contribution in [2.75, 3.05) is 5.73 Å². The van der Waals surface area contributed by atoms with Crippen molar-refractivity contribution >= 4 is 23.5 Å². The number of carbonyl (C=O) groups is 1. The normalized spacial score (nSPS) is 9.37. The monoisotopic (exact) mass is 279 g/mol. The molecule has 0 unspecified atom stereocenters. The molecule has 2 aromatic rings. The van der Waals surface area contributed by atoms with Crippen molar-refractivity contribution in [3.63, 3.8) is 0 Å². The Bertz CT molecular complexity index is 544. The van der Waals surface area contributed by atoms with Crippen LogP contribution in [0, 0.1) is 0 Å². The van der Waals surface area contributed by atoms with Crippen LogP contribution in [0.1, 0.15) is 13.3 Å². The highest BCUT2D eigenvalue weighted by atomic mass is 35.5. The molecule has 1 aromatic heterocycles. The van der Waals surface area contributed by atoms with Gasteiger partial charge in [-0.25, -0.2) is 9.97 Å². The predicted octanol–water partition coefficient (Wildman–Crippen LogP) is 2.86. The van der Waals surface area contributed by atoms with Crippen LogP contribution in [0.4, 0.5) is 5.95 Å². The zero-order valence-electron chi connectivity index (χ0n) is 10.4. The van der Waals surface area contributed by atoms with Crippen LogP contribution in [0.15, 0.2) is 36.5 Å². The summed E-state index contributed by atoms with van der Waals surface area (Å²) in [5.74, 6) is -0.470. The highest BCUT2D eigenvalue weighted by molar-refractivity contribution is 6.30. The quantitative estimate of drug-likeness (QED) is 0.882. The molecule has 0 radical (unpaired) electrons. The second kappa shape index (κ2) is 7.33. The third-order valence-electron chi connectivity index (χ3n) is 2.12. The maximum atomic E-state index is 9.37. The number of aromatic nitrogens is 2. The molecule has 5 nitrogen and oxygen atoms in total. The Morgan fingerprint density at radius 3 is 2.37 bits per heavy atom. The second-order valence-electron chi connectivity index (χ2n) is 3.55. The fraction of sp³-hybridized carbons (Fsp3) is 0.154. The van der Waals surface area contributed by atoms with Crippen LogP contribution < -0.4 is 5.73 Å². The molecular formula is C13H14ClN3O2. The van der Waals surface area contributed by atoms with Gasteiger partial charge in [-0.3, -0.25) is 4.79 Å². The number of carboxylic acids is 1. The Kier molecular flexibility index (Phi) is 5.75. The van der Waals surface area contributed by atoms with Crippen molar-refractivity contribution in [2.45, 2.75) is 13.3 Å². The Morgan fingerprint density at radius 2 is 1.89 bits per heavy atom. The fourth-order valence-corrected chi connectivity index (χ4v) is 1.28. The van der Waals surface area contributed by atoms with Gasteiger partial charge in [0.1, 0.15) is 0 Å². The number of hydrogen-bond donors (Lipinski definition) is 2. The molecule has 0 bridgehead atoms. The number of nitrogens with zero attached hydrogens (tertiary/aromatic N) is 2. The third-order valence-corrected chi connectivity index (χ3v) is 2.37. The van der Waals surface area contributed by atoms with E-state index in [9.17, 15) is 4.79 Å². The average molecular weight is 280 g/mol. The molecule has 0 fully saturated rings. The van der Waals surface area contributed by atoms with Gasteiger partial charge in [0.2, 0.25) is 5.95 Å². The molecule has 0 saturated carbocycles. The SMILES string of the molecule is CCC(=O)O.Nc1nccc(-c2ccc(Cl)cc2)n1. The zero-order chi connectivity index (χ0) is 14.3. The highest BCUT2D eigenvalue weighted by Crippen LogP contribution is 2.19. The first-order chi connectivity index (χ1) is 9.02. The smallest absolute Gasteiger partial charge is 0.303 e. The Labute approximate surface area is 116 Å². The Balaban J connectivity index is 0.000000312. The van der Waals surface area contributed by atoms with Crippen molar-refractivity contribution in [1.29, 1.82) is 0 Å². The lowest BCUT2D eigenvalue weighted by Crippen LogP contribution is -1.94. The van der Waals surface area contributed by atoms with Crippen LogP contribution in [0.25, 0.3) is 11.3 Å². The van der Waals surface area contributed by atoms with Crippen molar-refractivity contribution in [1.82, 2.24) is 9.97 Å². The van der Waals surface area contributed by atoms with Gasteiger partial charge in [-0.05, 0) is 18.2 Å². The van der Waals surface area contributed by atoms with E-state index < -0.39 is 5.97 Å². The number of benzene rings is 1. The van der Waals surface area contributed by atoms with Crippen molar-refractivity contribution < 1.29 is 9.90 Å². The van der Waals surface area contributed by atoms with Crippen molar-refractivity contribution in [3.8, 4) is 11.3 Å². The lowest BCUT2D eigenvalue weighted by Gasteiger charge is -2.00. The van der Waals surface area contributed by atoms with Crippen LogP contribution in [-0.4, -0.2) is 21.0 Å². The molecule has 3 N–H and O–H groups in total. The van der Waals surface area contributed by atoms with Gasteiger partial charge in [0.25, 0.3) is 0 Å². The summed E-state index contributed by atoms with van der Waals surface area (Å²) in [7, 11) is 0. The number of rotatable bonds is 2. The van der Waals surface area contributed by atoms with Gasteiger partial charge in [-0.2, -0.15) is 0 Å². The van der Waals surface area contributed by atoms with Gasteiger partial charge in [-0.1, -0.05) is 30.7 Å². The molecule has 100 valence electrons. The molecule has 0 aliphatic heterocycles. The molecule has 0 saturated heterocycles. The van der Waals surface area contributed by atoms with Crippen molar-refractivity contribution in [3.05, 3.63) is 41.6 Å². The summed E-state index contributed by atoms with van der Waals surface area (Å²) in [6.07, 6.45) is 1.85. The first-order valence-corrected chi connectivity index (χ1v) is 5.97. The number of nitrogens with two attached hydrogens (primary N) is 1. The molecule has 0 atom stereocenters. The molecule has 0 aliphatic carbocycles. The first-order valence-electron chi connectivity index (χ1n) is 5.59. The lowest BCUT2D eigenvalue weighted by atomic mass is 10.1. The van der Waals surface area contributed by atoms with Gasteiger partial charge in [0, 0.05) is 23.2 Å². The van der Waals surface area contributed by atoms with E-state index in [-0.39, 0.29) is 12.4 Å². The number of anilines is 1. The van der Waals surface area contributed by atoms with Gasteiger partial charge in [0.05, 0.1) is 5.69 Å². The summed E-state index contributed by atoms with van der Waals surface area (Å²) in [5, 5.41) is 8.43. The van der Waals surface area contributed by atoms with Crippen molar-refractivity contribution in [2.24, 2.45) is 0 Å². The second-order valence-corrected chi connectivity index (χ2v) is 3.99. The Hall–Kier alpha value is -2.14. The molecule has 2 rings (SSSR count). The summed E-state index contributed by atoms with van der Waals surface area (Å²) in [6.45, 7) is 1.60. The molecule has 1 aromatic carbocycles. The Morgan fingerprint density at radius 1 is 1.32 bits per heavy atom. The van der Waals surface area contributed by atoms with Gasteiger partial charge < -0.3 is 10.8 Å². The van der Waals surface area contributed by atoms with Crippen LogP contribution in [0.5, 0.6) is 0 Å². The minimum atomic E-state index is -0.745. The van der Waals surface area contributed by atoms with Crippen LogP contribution in [-0.2, 0) is 4.79 Å². The highest BCUT2D eigenvalue weighted by Gasteiger charge is 1.99. The zero-order valence-corrected chi connectivity index (χ0v) is 11.1. The summed E-state index contributed by atoms with van der Waals surface area (Å²) in [6, 6.07) is 9.22. The molecule has 0 aliphatic rings. The summed E-state index contributed by atoms with van der Waals surface area (Å²) in [4.78, 5) is 17.3. The van der Waals surface area contributed by atoms with E-state index in [1.54, 1.807) is 19.2 Å². The van der Waals surface area contributed by atoms with E-state index in [1.807, 2.05) is 24.3 Å². The molecule has 1 heterocycles. The first kappa shape index (κ1) is 14.9. The standard InChI is InChI=1S/C10H8ClN3.C3H6O2/c11-8-3-1-7(2-4-8)9-5-6-13-10(12)14-9;1-2-3(4)5/h1-6H,(H2,12,13,14);2H2,1H3,(H,4,5). The molecule has 6 heteroatoms. The molecular weight excluding hydrogens is 266 g/mol. The van der Waals surface area contributed by atoms with E-state index >= 15 is 0 Å². The number of hydrogen-bond acceptors (Lipinski definition) is 4. The number of carboxylic acid groups (broad SMARTS) is 1. The fourth-order valence-electron chi connectivity index (χ4n) is 1.16. The minimum Gasteiger partial charge on any atom is -0.481 e. The van der Waals surface area contributed by atoms with Gasteiger partial charge >= 0.3 is 5.97 Å². The number of nitrogen functional groups attached to an aromatic ring is 1. The van der Waals surface area contributed by atoms with Crippen LogP contribution >= 0.6 is 11.6 Å². The van der Waals surface area contributed by atoms with E-state index in [0.29, 0.717) is 5.02 Å². The lowest BCUT2D eigenvalue weighted by molar-refractivity contribution is -0.136. The predicted molar refractivity (Wildman–Crippen MR) is 74.8 cm³/mol. The van der Waals surface area contributed by atoms with Crippen LogP contribution in [0.2, 0.25) is 5.02 Å². The largest absolute Gasteiger partial charge is 0.481 e. The summed E-state index contributed by atoms with van der Waals surface area (Å²) >= 11 is 5.77. The number of halogens is 1. The third kappa shape index (κ3) is 5.35. The van der Waals surface area contributed by atoms with E-state index in [2.05, 4.69) is 9.97 Å². The topological polar surface area (TPSA) is 89.1 Å². The molecule has 19 heavy (non-hydrogen) atoms. The number of aliphatic carboxylic acids is 1. The van der Waals surface area contributed by atoms with E-state index in [0.717, 1.165) is 11.3 Å². The average Bonchev–Trinajstić information content (AvgIpc) is 2.40. The van der Waals surface area contributed by atoms with E-state index in [4.69, 9.17) is 22.4 Å². The van der Waals surface area contributed by atoms with Crippen LogP contribution in [0.3, 0.4) is 0 Å². The van der Waals surface area contributed by atoms with E-state index in [1.165, 1.54) is 0 Å². The molecule has 0 spiro atoms. The minimum absolute atomic E-state index is 0.222. The summed E-state index contributed by atoms with van der Waals surface area (Å²) < 4.78 is 0. The summed E-state index contributed by atoms with van der Waals surface area (Å²) in [5.41, 5.74) is 7.25. The maximum Gasteiger partial charge on any atom is 0.303 e. The maximum absolute atomic E-state index is 9.37. The molecule has 0 amide bonds. The van der Waals surface area contributed by atoms with Gasteiger partial charge in [-0.15, -0.1) is 0 Å². The van der Waals surface area contributed by atoms with Gasteiger partial charge in [0.15, 0.2) is 0 Å².